The molecule has 102 valence electrons. The number of nitrogens with zero attached hydrogens (tertiary/aromatic N) is 2. The molecular formula is C14H17F2N3. The summed E-state index contributed by atoms with van der Waals surface area (Å²) in [6.07, 6.45) is 0. The molecule has 0 fully saturated rings. The van der Waals surface area contributed by atoms with Crippen LogP contribution in [0, 0.1) is 25.5 Å². The van der Waals surface area contributed by atoms with E-state index >= 15 is 0 Å². The Hall–Kier alpha value is -1.91. The average Bonchev–Trinajstić information content (AvgIpc) is 2.74. The van der Waals surface area contributed by atoms with E-state index in [2.05, 4.69) is 10.4 Å². The van der Waals surface area contributed by atoms with Crippen molar-refractivity contribution >= 4 is 5.69 Å². The topological polar surface area (TPSA) is 29.9 Å². The van der Waals surface area contributed by atoms with E-state index in [0.29, 0.717) is 12.1 Å². The van der Waals surface area contributed by atoms with E-state index in [-0.39, 0.29) is 5.69 Å². The van der Waals surface area contributed by atoms with E-state index < -0.39 is 11.6 Å². The standard InChI is InChI=1S/C14H17F2N3/c1-4-19-11(7-10(3)18-19)8-17-14-12(15)6-5-9(2)13(14)16/h5-7,17H,4,8H2,1-3H3. The second-order valence-electron chi connectivity index (χ2n) is 4.50. The van der Waals surface area contributed by atoms with Crippen LogP contribution in [0.3, 0.4) is 0 Å². The summed E-state index contributed by atoms with van der Waals surface area (Å²) in [5.74, 6) is -1.12. The second kappa shape index (κ2) is 5.38. The van der Waals surface area contributed by atoms with Gasteiger partial charge < -0.3 is 5.32 Å². The van der Waals surface area contributed by atoms with Crippen LogP contribution in [0.5, 0.6) is 0 Å². The molecule has 0 aliphatic rings. The fraction of sp³-hybridized carbons (Fsp3) is 0.357. The second-order valence-corrected chi connectivity index (χ2v) is 4.50. The van der Waals surface area contributed by atoms with Crippen LogP contribution in [0.2, 0.25) is 0 Å². The Bertz CT molecular complexity index is 591. The third-order valence-corrected chi connectivity index (χ3v) is 3.02. The minimum Gasteiger partial charge on any atom is -0.375 e. The lowest BCUT2D eigenvalue weighted by Crippen LogP contribution is -2.10. The maximum absolute atomic E-state index is 13.8. The van der Waals surface area contributed by atoms with Gasteiger partial charge in [-0.1, -0.05) is 6.07 Å². The zero-order valence-corrected chi connectivity index (χ0v) is 11.3. The van der Waals surface area contributed by atoms with E-state index in [1.165, 1.54) is 12.1 Å². The Morgan fingerprint density at radius 3 is 2.68 bits per heavy atom. The molecule has 0 saturated carbocycles. The molecule has 1 aromatic carbocycles. The first-order chi connectivity index (χ1) is 9.02. The Kier molecular flexibility index (Phi) is 3.83. The number of aryl methyl sites for hydroxylation is 3. The molecule has 0 radical (unpaired) electrons. The highest BCUT2D eigenvalue weighted by Gasteiger charge is 2.12. The predicted octanol–water partition coefficient (Wildman–Crippen LogP) is 3.41. The van der Waals surface area contributed by atoms with E-state index in [1.807, 2.05) is 24.6 Å². The predicted molar refractivity (Wildman–Crippen MR) is 71.1 cm³/mol. The van der Waals surface area contributed by atoms with Crippen molar-refractivity contribution in [3.8, 4) is 0 Å². The Labute approximate surface area is 111 Å². The molecule has 5 heteroatoms. The molecule has 1 aromatic heterocycles. The van der Waals surface area contributed by atoms with Gasteiger partial charge in [-0.3, -0.25) is 4.68 Å². The van der Waals surface area contributed by atoms with Crippen LogP contribution in [0.25, 0.3) is 0 Å². The quantitative estimate of drug-likeness (QED) is 0.918. The third kappa shape index (κ3) is 2.75. The number of nitrogens with one attached hydrogen (secondary N) is 1. The number of anilines is 1. The van der Waals surface area contributed by atoms with Crippen LogP contribution in [-0.4, -0.2) is 9.78 Å². The Morgan fingerprint density at radius 2 is 2.00 bits per heavy atom. The molecule has 2 aromatic rings. The van der Waals surface area contributed by atoms with Gasteiger partial charge in [-0.2, -0.15) is 5.10 Å². The van der Waals surface area contributed by atoms with Crippen LogP contribution in [0.15, 0.2) is 18.2 Å². The summed E-state index contributed by atoms with van der Waals surface area (Å²) in [4.78, 5) is 0. The molecular weight excluding hydrogens is 248 g/mol. The minimum atomic E-state index is -0.581. The summed E-state index contributed by atoms with van der Waals surface area (Å²) >= 11 is 0. The van der Waals surface area contributed by atoms with Crippen molar-refractivity contribution in [2.75, 3.05) is 5.32 Å². The highest BCUT2D eigenvalue weighted by Crippen LogP contribution is 2.22. The van der Waals surface area contributed by atoms with Crippen LogP contribution in [0.4, 0.5) is 14.5 Å². The molecule has 0 atom stereocenters. The van der Waals surface area contributed by atoms with Crippen molar-refractivity contribution in [2.24, 2.45) is 0 Å². The maximum atomic E-state index is 13.8. The van der Waals surface area contributed by atoms with Gasteiger partial charge in [0.05, 0.1) is 17.9 Å². The van der Waals surface area contributed by atoms with Gasteiger partial charge in [-0.05, 0) is 38.5 Å². The van der Waals surface area contributed by atoms with Gasteiger partial charge in [-0.15, -0.1) is 0 Å². The van der Waals surface area contributed by atoms with Crippen molar-refractivity contribution < 1.29 is 8.78 Å². The smallest absolute Gasteiger partial charge is 0.152 e. The number of halogens is 2. The number of benzene rings is 1. The van der Waals surface area contributed by atoms with Crippen LogP contribution < -0.4 is 5.32 Å². The summed E-state index contributed by atoms with van der Waals surface area (Å²) in [6, 6.07) is 4.60. The highest BCUT2D eigenvalue weighted by molar-refractivity contribution is 5.49. The van der Waals surface area contributed by atoms with E-state index in [0.717, 1.165) is 17.9 Å². The van der Waals surface area contributed by atoms with Crippen LogP contribution >= 0.6 is 0 Å². The summed E-state index contributed by atoms with van der Waals surface area (Å²) in [6.45, 7) is 6.54. The van der Waals surface area contributed by atoms with Crippen molar-refractivity contribution in [2.45, 2.75) is 33.9 Å². The van der Waals surface area contributed by atoms with Crippen molar-refractivity contribution in [1.82, 2.24) is 9.78 Å². The normalized spacial score (nSPS) is 10.8. The van der Waals surface area contributed by atoms with Gasteiger partial charge >= 0.3 is 0 Å². The molecule has 3 nitrogen and oxygen atoms in total. The van der Waals surface area contributed by atoms with Gasteiger partial charge in [0.1, 0.15) is 11.5 Å². The molecule has 0 spiro atoms. The fourth-order valence-corrected chi connectivity index (χ4v) is 2.01. The van der Waals surface area contributed by atoms with Gasteiger partial charge in [0, 0.05) is 6.54 Å². The number of rotatable bonds is 4. The van der Waals surface area contributed by atoms with Crippen LogP contribution in [-0.2, 0) is 13.1 Å². The number of hydrogen-bond donors (Lipinski definition) is 1. The maximum Gasteiger partial charge on any atom is 0.152 e. The van der Waals surface area contributed by atoms with Gasteiger partial charge in [-0.25, -0.2) is 8.78 Å². The van der Waals surface area contributed by atoms with E-state index in [1.54, 1.807) is 6.92 Å². The lowest BCUT2D eigenvalue weighted by atomic mass is 10.2. The highest BCUT2D eigenvalue weighted by atomic mass is 19.1. The van der Waals surface area contributed by atoms with Crippen molar-refractivity contribution in [3.05, 3.63) is 46.8 Å². The minimum absolute atomic E-state index is 0.0819. The largest absolute Gasteiger partial charge is 0.375 e. The van der Waals surface area contributed by atoms with Gasteiger partial charge in [0.15, 0.2) is 5.82 Å². The van der Waals surface area contributed by atoms with E-state index in [9.17, 15) is 8.78 Å². The average molecular weight is 265 g/mol. The van der Waals surface area contributed by atoms with Crippen LogP contribution in [0.1, 0.15) is 23.9 Å². The molecule has 0 aliphatic carbocycles. The summed E-state index contributed by atoms with van der Waals surface area (Å²) in [7, 11) is 0. The first-order valence-electron chi connectivity index (χ1n) is 6.24. The summed E-state index contributed by atoms with van der Waals surface area (Å²) < 4.78 is 29.2. The molecule has 1 heterocycles. The van der Waals surface area contributed by atoms with Crippen molar-refractivity contribution in [1.29, 1.82) is 0 Å². The number of hydrogen-bond acceptors (Lipinski definition) is 2. The Balaban J connectivity index is 2.21. The molecule has 2 rings (SSSR count). The molecule has 0 bridgehead atoms. The summed E-state index contributed by atoms with van der Waals surface area (Å²) in [5.41, 5.74) is 2.13. The van der Waals surface area contributed by atoms with Gasteiger partial charge in [0.25, 0.3) is 0 Å². The lowest BCUT2D eigenvalue weighted by molar-refractivity contribution is 0.579. The third-order valence-electron chi connectivity index (χ3n) is 3.02. The van der Waals surface area contributed by atoms with Gasteiger partial charge in [0.2, 0.25) is 0 Å². The van der Waals surface area contributed by atoms with E-state index in [4.69, 9.17) is 0 Å². The Morgan fingerprint density at radius 1 is 1.26 bits per heavy atom. The SMILES string of the molecule is CCn1nc(C)cc1CNc1c(F)ccc(C)c1F. The molecule has 1 N–H and O–H groups in total. The molecule has 0 aliphatic heterocycles. The molecule has 19 heavy (non-hydrogen) atoms. The molecule has 0 unspecified atom stereocenters. The molecule has 0 saturated heterocycles. The lowest BCUT2D eigenvalue weighted by Gasteiger charge is -2.11. The monoisotopic (exact) mass is 265 g/mol. The first-order valence-corrected chi connectivity index (χ1v) is 6.24. The zero-order chi connectivity index (χ0) is 14.0. The molecule has 0 amide bonds. The fourth-order valence-electron chi connectivity index (χ4n) is 2.01. The summed E-state index contributed by atoms with van der Waals surface area (Å²) in [5, 5.41) is 7.11. The van der Waals surface area contributed by atoms with Crippen molar-refractivity contribution in [3.63, 3.8) is 0 Å². The zero-order valence-electron chi connectivity index (χ0n) is 11.3. The first kappa shape index (κ1) is 13.5. The number of aromatic nitrogens is 2.